The number of pyridine rings is 1. The standard InChI is InChI=1S/C20H26N2O3S2/c1-5-22(6-2)27(24,25)18-11-12-20(21-13-18)26-14-19(23)17-9-7-16(8-10-17)15(3)4/h7-13,15H,5-6,14H2,1-4H3. The third-order valence-electron chi connectivity index (χ3n) is 4.30. The lowest BCUT2D eigenvalue weighted by Crippen LogP contribution is -2.30. The van der Waals surface area contributed by atoms with Crippen LogP contribution in [0.15, 0.2) is 52.5 Å². The maximum Gasteiger partial charge on any atom is 0.244 e. The van der Waals surface area contributed by atoms with Gasteiger partial charge in [-0.05, 0) is 23.6 Å². The van der Waals surface area contributed by atoms with Crippen LogP contribution in [-0.2, 0) is 10.0 Å². The van der Waals surface area contributed by atoms with Crippen molar-refractivity contribution in [3.63, 3.8) is 0 Å². The molecule has 0 aliphatic heterocycles. The molecule has 146 valence electrons. The molecule has 0 bridgehead atoms. The average Bonchev–Trinajstić information content (AvgIpc) is 2.67. The van der Waals surface area contributed by atoms with Gasteiger partial charge >= 0.3 is 0 Å². The summed E-state index contributed by atoms with van der Waals surface area (Å²) in [7, 11) is -3.51. The Bertz CT molecular complexity index is 857. The van der Waals surface area contributed by atoms with Gasteiger partial charge in [-0.15, -0.1) is 0 Å². The minimum Gasteiger partial charge on any atom is -0.293 e. The Morgan fingerprint density at radius 1 is 1.07 bits per heavy atom. The summed E-state index contributed by atoms with van der Waals surface area (Å²) in [5.41, 5.74) is 1.87. The van der Waals surface area contributed by atoms with Gasteiger partial charge in [0.1, 0.15) is 4.90 Å². The lowest BCUT2D eigenvalue weighted by Gasteiger charge is -2.18. The molecule has 0 aliphatic rings. The monoisotopic (exact) mass is 406 g/mol. The molecule has 7 heteroatoms. The Morgan fingerprint density at radius 2 is 1.70 bits per heavy atom. The van der Waals surface area contributed by atoms with Crippen molar-refractivity contribution in [2.24, 2.45) is 0 Å². The molecule has 2 rings (SSSR count). The van der Waals surface area contributed by atoms with Gasteiger partial charge in [0, 0.05) is 24.8 Å². The average molecular weight is 407 g/mol. The second kappa shape index (κ2) is 9.48. The van der Waals surface area contributed by atoms with E-state index in [1.165, 1.54) is 27.8 Å². The minimum atomic E-state index is -3.51. The number of benzene rings is 1. The predicted molar refractivity (Wildman–Crippen MR) is 110 cm³/mol. The summed E-state index contributed by atoms with van der Waals surface area (Å²) in [5, 5.41) is 0.626. The van der Waals surface area contributed by atoms with Crippen molar-refractivity contribution in [3.05, 3.63) is 53.7 Å². The van der Waals surface area contributed by atoms with Crippen LogP contribution in [0.4, 0.5) is 0 Å². The molecule has 0 spiro atoms. The predicted octanol–water partition coefficient (Wildman–Crippen LogP) is 4.21. The Balaban J connectivity index is 2.01. The number of hydrogen-bond acceptors (Lipinski definition) is 5. The lowest BCUT2D eigenvalue weighted by atomic mass is 10.0. The second-order valence-corrected chi connectivity index (χ2v) is 9.34. The Morgan fingerprint density at radius 3 is 2.19 bits per heavy atom. The summed E-state index contributed by atoms with van der Waals surface area (Å²) in [5.74, 6) is 0.715. The molecule has 0 fully saturated rings. The van der Waals surface area contributed by atoms with E-state index in [1.54, 1.807) is 26.0 Å². The van der Waals surface area contributed by atoms with E-state index in [0.29, 0.717) is 29.6 Å². The van der Waals surface area contributed by atoms with Gasteiger partial charge in [0.05, 0.1) is 10.8 Å². The van der Waals surface area contributed by atoms with Crippen LogP contribution in [-0.4, -0.2) is 42.3 Å². The van der Waals surface area contributed by atoms with E-state index in [9.17, 15) is 13.2 Å². The lowest BCUT2D eigenvalue weighted by molar-refractivity contribution is 0.102. The molecule has 0 atom stereocenters. The van der Waals surface area contributed by atoms with Gasteiger partial charge in [0.2, 0.25) is 10.0 Å². The zero-order valence-electron chi connectivity index (χ0n) is 16.2. The van der Waals surface area contributed by atoms with Crippen LogP contribution in [0, 0.1) is 0 Å². The number of thioether (sulfide) groups is 1. The van der Waals surface area contributed by atoms with Crippen molar-refractivity contribution in [2.45, 2.75) is 43.5 Å². The maximum atomic E-state index is 12.5. The molecule has 0 saturated carbocycles. The zero-order valence-corrected chi connectivity index (χ0v) is 17.8. The molecule has 0 radical (unpaired) electrons. The highest BCUT2D eigenvalue weighted by molar-refractivity contribution is 7.99. The molecule has 2 aromatic rings. The summed E-state index contributed by atoms with van der Waals surface area (Å²) >= 11 is 1.30. The summed E-state index contributed by atoms with van der Waals surface area (Å²) in [6.45, 7) is 8.67. The first kappa shape index (κ1) is 21.6. The van der Waals surface area contributed by atoms with Gasteiger partial charge in [-0.3, -0.25) is 4.79 Å². The largest absolute Gasteiger partial charge is 0.293 e. The molecular weight excluding hydrogens is 380 g/mol. The van der Waals surface area contributed by atoms with Gasteiger partial charge in [-0.2, -0.15) is 4.31 Å². The third kappa shape index (κ3) is 5.40. The molecule has 0 unspecified atom stereocenters. The molecule has 1 aromatic heterocycles. The topological polar surface area (TPSA) is 67.3 Å². The van der Waals surface area contributed by atoms with E-state index in [2.05, 4.69) is 18.8 Å². The second-order valence-electron chi connectivity index (χ2n) is 6.41. The molecule has 1 heterocycles. The van der Waals surface area contributed by atoms with E-state index < -0.39 is 10.0 Å². The van der Waals surface area contributed by atoms with Crippen molar-refractivity contribution < 1.29 is 13.2 Å². The van der Waals surface area contributed by atoms with E-state index in [-0.39, 0.29) is 16.4 Å². The normalized spacial score (nSPS) is 11.9. The van der Waals surface area contributed by atoms with Crippen molar-refractivity contribution in [2.75, 3.05) is 18.8 Å². The van der Waals surface area contributed by atoms with Crippen LogP contribution >= 0.6 is 11.8 Å². The summed E-state index contributed by atoms with van der Waals surface area (Å²) in [4.78, 5) is 16.7. The number of hydrogen-bond donors (Lipinski definition) is 0. The van der Waals surface area contributed by atoms with Crippen LogP contribution in [0.3, 0.4) is 0 Å². The van der Waals surface area contributed by atoms with Crippen LogP contribution in [0.5, 0.6) is 0 Å². The van der Waals surface area contributed by atoms with E-state index >= 15 is 0 Å². The molecule has 5 nitrogen and oxygen atoms in total. The zero-order chi connectivity index (χ0) is 20.0. The highest BCUT2D eigenvalue weighted by Crippen LogP contribution is 2.21. The first-order valence-electron chi connectivity index (χ1n) is 9.01. The first-order chi connectivity index (χ1) is 12.8. The van der Waals surface area contributed by atoms with Gasteiger partial charge in [0.15, 0.2) is 5.78 Å². The highest BCUT2D eigenvalue weighted by Gasteiger charge is 2.21. The molecule has 0 amide bonds. The minimum absolute atomic E-state index is 0.0249. The van der Waals surface area contributed by atoms with Crippen molar-refractivity contribution in [3.8, 4) is 0 Å². The third-order valence-corrected chi connectivity index (χ3v) is 7.28. The van der Waals surface area contributed by atoms with E-state index in [1.807, 2.05) is 24.3 Å². The summed E-state index contributed by atoms with van der Waals surface area (Å²) in [6, 6.07) is 10.9. The molecule has 0 N–H and O–H groups in total. The molecular formula is C20H26N2O3S2. The quantitative estimate of drug-likeness (QED) is 0.461. The van der Waals surface area contributed by atoms with Gasteiger partial charge < -0.3 is 0 Å². The number of carbonyl (C=O) groups is 1. The summed E-state index contributed by atoms with van der Waals surface area (Å²) < 4.78 is 26.3. The fourth-order valence-corrected chi connectivity index (χ4v) is 4.74. The number of ketones is 1. The number of sulfonamides is 1. The van der Waals surface area contributed by atoms with Gasteiger partial charge in [-0.1, -0.05) is 63.7 Å². The van der Waals surface area contributed by atoms with Gasteiger partial charge in [-0.25, -0.2) is 13.4 Å². The highest BCUT2D eigenvalue weighted by atomic mass is 32.2. The van der Waals surface area contributed by atoms with Crippen LogP contribution in [0.25, 0.3) is 0 Å². The molecule has 27 heavy (non-hydrogen) atoms. The fraction of sp³-hybridized carbons (Fsp3) is 0.400. The number of aromatic nitrogens is 1. The number of nitrogens with zero attached hydrogens (tertiary/aromatic N) is 2. The van der Waals surface area contributed by atoms with Crippen molar-refractivity contribution >= 4 is 27.6 Å². The SMILES string of the molecule is CCN(CC)S(=O)(=O)c1ccc(SCC(=O)c2ccc(C(C)C)cc2)nc1. The summed E-state index contributed by atoms with van der Waals surface area (Å²) in [6.07, 6.45) is 1.36. The number of rotatable bonds is 9. The van der Waals surface area contributed by atoms with Crippen LogP contribution in [0.1, 0.15) is 49.5 Å². The molecule has 1 aromatic carbocycles. The molecule has 0 aliphatic carbocycles. The Labute approximate surface area is 166 Å². The van der Waals surface area contributed by atoms with Crippen molar-refractivity contribution in [1.29, 1.82) is 0 Å². The van der Waals surface area contributed by atoms with Gasteiger partial charge in [0.25, 0.3) is 0 Å². The van der Waals surface area contributed by atoms with Crippen LogP contribution in [0.2, 0.25) is 0 Å². The number of carbonyl (C=O) groups excluding carboxylic acids is 1. The smallest absolute Gasteiger partial charge is 0.244 e. The van der Waals surface area contributed by atoms with E-state index in [4.69, 9.17) is 0 Å². The fourth-order valence-electron chi connectivity index (χ4n) is 2.59. The Hall–Kier alpha value is -1.70. The maximum absolute atomic E-state index is 12.5. The van der Waals surface area contributed by atoms with E-state index in [0.717, 1.165) is 0 Å². The van der Waals surface area contributed by atoms with Crippen molar-refractivity contribution in [1.82, 2.24) is 9.29 Å². The molecule has 0 saturated heterocycles. The first-order valence-corrected chi connectivity index (χ1v) is 11.4. The number of Topliss-reactive ketones (excluding diaryl/α,β-unsaturated/α-hetero) is 1. The van der Waals surface area contributed by atoms with Crippen LogP contribution < -0.4 is 0 Å². The Kier molecular flexibility index (Phi) is 7.59.